The fourth-order valence-corrected chi connectivity index (χ4v) is 5.31. The van der Waals surface area contributed by atoms with Gasteiger partial charge in [0.25, 0.3) is 0 Å². The Hall–Kier alpha value is -2.26. The lowest BCUT2D eigenvalue weighted by Gasteiger charge is -2.28. The average molecular weight is 360 g/mol. The van der Waals surface area contributed by atoms with E-state index in [1.54, 1.807) is 31.8 Å². The molecular formula is C16H20N6O2S. The number of aryl methyl sites for hydroxylation is 3. The number of hydrogen-bond acceptors (Lipinski definition) is 5. The number of aromatic nitrogens is 5. The number of sulfonamides is 1. The molecule has 0 saturated heterocycles. The van der Waals surface area contributed by atoms with Gasteiger partial charge in [-0.15, -0.1) is 0 Å². The molecule has 25 heavy (non-hydrogen) atoms. The van der Waals surface area contributed by atoms with Crippen molar-refractivity contribution < 1.29 is 8.42 Å². The summed E-state index contributed by atoms with van der Waals surface area (Å²) < 4.78 is 31.2. The number of nitrogens with zero attached hydrogens (tertiary/aromatic N) is 6. The summed E-state index contributed by atoms with van der Waals surface area (Å²) in [4.78, 5) is 4.71. The molecular weight excluding hydrogens is 340 g/mol. The average Bonchev–Trinajstić information content (AvgIpc) is 3.06. The summed E-state index contributed by atoms with van der Waals surface area (Å²) in [5, 5.41) is 8.72. The van der Waals surface area contributed by atoms with Crippen molar-refractivity contribution in [3.05, 3.63) is 40.6 Å². The van der Waals surface area contributed by atoms with Crippen molar-refractivity contribution in [2.24, 2.45) is 7.05 Å². The first-order valence-electron chi connectivity index (χ1n) is 8.12. The van der Waals surface area contributed by atoms with Crippen molar-refractivity contribution in [3.8, 4) is 0 Å². The molecule has 8 nitrogen and oxygen atoms in total. The molecule has 0 radical (unpaired) electrons. The van der Waals surface area contributed by atoms with Crippen LogP contribution in [-0.4, -0.2) is 43.6 Å². The maximum atomic E-state index is 13.1. The Kier molecular flexibility index (Phi) is 3.48. The Balaban J connectivity index is 1.76. The predicted molar refractivity (Wildman–Crippen MR) is 91.7 cm³/mol. The van der Waals surface area contributed by atoms with Crippen molar-refractivity contribution in [2.75, 3.05) is 6.54 Å². The summed E-state index contributed by atoms with van der Waals surface area (Å²) in [5.74, 6) is 0. The Morgan fingerprint density at radius 1 is 1.16 bits per heavy atom. The summed E-state index contributed by atoms with van der Waals surface area (Å²) in [6.45, 7) is 6.15. The maximum absolute atomic E-state index is 13.1. The van der Waals surface area contributed by atoms with Crippen molar-refractivity contribution in [1.29, 1.82) is 0 Å². The van der Waals surface area contributed by atoms with Crippen LogP contribution in [0.1, 0.15) is 28.3 Å². The van der Waals surface area contributed by atoms with Crippen molar-refractivity contribution >= 4 is 15.7 Å². The largest absolute Gasteiger partial charge is 0.271 e. The summed E-state index contributed by atoms with van der Waals surface area (Å²) in [6, 6.07) is 1.92. The minimum absolute atomic E-state index is 0.299. The van der Waals surface area contributed by atoms with Crippen LogP contribution in [0.5, 0.6) is 0 Å². The highest BCUT2D eigenvalue weighted by Gasteiger charge is 2.33. The van der Waals surface area contributed by atoms with E-state index in [0.29, 0.717) is 35.8 Å². The second-order valence-electron chi connectivity index (χ2n) is 6.50. The normalized spacial score (nSPS) is 15.7. The molecule has 4 rings (SSSR count). The lowest BCUT2D eigenvalue weighted by molar-refractivity contribution is 0.383. The lowest BCUT2D eigenvalue weighted by atomic mass is 10.1. The van der Waals surface area contributed by atoms with Gasteiger partial charge >= 0.3 is 0 Å². The molecule has 0 unspecified atom stereocenters. The zero-order valence-corrected chi connectivity index (χ0v) is 15.5. The van der Waals surface area contributed by atoms with Gasteiger partial charge in [0.2, 0.25) is 10.0 Å². The molecule has 0 amide bonds. The van der Waals surface area contributed by atoms with E-state index in [-0.39, 0.29) is 0 Å². The lowest BCUT2D eigenvalue weighted by Crippen LogP contribution is -2.37. The van der Waals surface area contributed by atoms with E-state index in [4.69, 9.17) is 0 Å². The molecule has 0 N–H and O–H groups in total. The van der Waals surface area contributed by atoms with Crippen molar-refractivity contribution in [1.82, 2.24) is 28.7 Å². The number of fused-ring (bicyclic) bond motifs is 3. The van der Waals surface area contributed by atoms with Crippen LogP contribution in [0.3, 0.4) is 0 Å². The molecule has 9 heteroatoms. The van der Waals surface area contributed by atoms with E-state index < -0.39 is 10.0 Å². The van der Waals surface area contributed by atoms with E-state index in [1.165, 1.54) is 4.31 Å². The molecule has 0 spiro atoms. The Bertz CT molecular complexity index is 1100. The van der Waals surface area contributed by atoms with Gasteiger partial charge in [0.15, 0.2) is 5.65 Å². The Morgan fingerprint density at radius 3 is 2.60 bits per heavy atom. The van der Waals surface area contributed by atoms with Gasteiger partial charge in [0.1, 0.15) is 4.90 Å². The van der Waals surface area contributed by atoms with Crippen molar-refractivity contribution in [2.45, 2.75) is 38.6 Å². The third kappa shape index (κ3) is 2.37. The van der Waals surface area contributed by atoms with Gasteiger partial charge in [-0.3, -0.25) is 4.68 Å². The molecule has 0 atom stereocenters. The molecule has 0 saturated carbocycles. The second-order valence-corrected chi connectivity index (χ2v) is 8.37. The third-order valence-corrected chi connectivity index (χ3v) is 6.88. The molecule has 132 valence electrons. The van der Waals surface area contributed by atoms with E-state index in [9.17, 15) is 8.42 Å². The van der Waals surface area contributed by atoms with E-state index in [2.05, 4.69) is 15.2 Å². The number of hydrogen-bond donors (Lipinski definition) is 0. The van der Waals surface area contributed by atoms with Gasteiger partial charge < -0.3 is 0 Å². The first-order valence-corrected chi connectivity index (χ1v) is 9.56. The summed E-state index contributed by atoms with van der Waals surface area (Å²) in [7, 11) is -1.84. The minimum atomic E-state index is -3.60. The van der Waals surface area contributed by atoms with Gasteiger partial charge in [0, 0.05) is 44.4 Å². The van der Waals surface area contributed by atoms with E-state index in [1.807, 2.05) is 17.5 Å². The molecule has 0 aliphatic carbocycles. The third-order valence-electron chi connectivity index (χ3n) is 4.78. The topological polar surface area (TPSA) is 85.4 Å². The minimum Gasteiger partial charge on any atom is -0.271 e. The highest BCUT2D eigenvalue weighted by molar-refractivity contribution is 7.89. The van der Waals surface area contributed by atoms with Crippen LogP contribution >= 0.6 is 0 Å². The summed E-state index contributed by atoms with van der Waals surface area (Å²) in [5.41, 5.74) is 4.81. The van der Waals surface area contributed by atoms with Crippen molar-refractivity contribution in [3.63, 3.8) is 0 Å². The van der Waals surface area contributed by atoms with E-state index >= 15 is 0 Å². The fraction of sp³-hybridized carbons (Fsp3) is 0.438. The van der Waals surface area contributed by atoms with Gasteiger partial charge in [-0.05, 0) is 20.8 Å². The van der Waals surface area contributed by atoms with Crippen LogP contribution in [0.4, 0.5) is 0 Å². The van der Waals surface area contributed by atoms with Crippen LogP contribution in [-0.2, 0) is 30.0 Å². The Labute approximate surface area is 146 Å². The molecule has 1 aliphatic rings. The first kappa shape index (κ1) is 16.2. The van der Waals surface area contributed by atoms with Gasteiger partial charge in [-0.2, -0.15) is 14.5 Å². The Morgan fingerprint density at radius 2 is 1.92 bits per heavy atom. The fourth-order valence-electron chi connectivity index (χ4n) is 3.49. The second kappa shape index (κ2) is 5.37. The van der Waals surface area contributed by atoms with E-state index in [0.717, 1.165) is 22.6 Å². The van der Waals surface area contributed by atoms with Gasteiger partial charge in [0.05, 0.1) is 22.8 Å². The zero-order valence-electron chi connectivity index (χ0n) is 14.7. The van der Waals surface area contributed by atoms with Gasteiger partial charge in [-0.1, -0.05) is 0 Å². The van der Waals surface area contributed by atoms with Gasteiger partial charge in [-0.25, -0.2) is 17.9 Å². The molecule has 0 fully saturated rings. The quantitative estimate of drug-likeness (QED) is 0.684. The molecule has 3 aromatic heterocycles. The van der Waals surface area contributed by atoms with Crippen LogP contribution in [0.25, 0.3) is 5.65 Å². The van der Waals surface area contributed by atoms with Crippen LogP contribution in [0, 0.1) is 20.8 Å². The standard InChI is InChI=1S/C16H20N6O2S/c1-10-7-15-17-8-13-9-21(6-5-14(13)22(15)18-10)25(23,24)16-11(2)19-20(4)12(16)3/h7-8H,5-6,9H2,1-4H3. The highest BCUT2D eigenvalue weighted by Crippen LogP contribution is 2.28. The highest BCUT2D eigenvalue weighted by atomic mass is 32.2. The smallest absolute Gasteiger partial charge is 0.247 e. The summed E-state index contributed by atoms with van der Waals surface area (Å²) >= 11 is 0. The number of rotatable bonds is 2. The maximum Gasteiger partial charge on any atom is 0.247 e. The molecule has 4 heterocycles. The zero-order chi connectivity index (χ0) is 17.9. The first-order chi connectivity index (χ1) is 11.8. The summed E-state index contributed by atoms with van der Waals surface area (Å²) in [6.07, 6.45) is 2.36. The van der Waals surface area contributed by atoms with Crippen LogP contribution in [0.2, 0.25) is 0 Å². The SMILES string of the molecule is Cc1cc2ncc3c(n2n1)CCN(S(=O)(=O)c1c(C)nn(C)c1C)C3. The molecule has 1 aliphatic heterocycles. The monoisotopic (exact) mass is 360 g/mol. The van der Waals surface area contributed by atoms with Crippen LogP contribution in [0.15, 0.2) is 17.2 Å². The predicted octanol–water partition coefficient (Wildman–Crippen LogP) is 1.14. The molecule has 3 aromatic rings. The molecule has 0 bridgehead atoms. The van der Waals surface area contributed by atoms with Crippen LogP contribution < -0.4 is 0 Å². The molecule has 0 aromatic carbocycles.